The zero-order valence-corrected chi connectivity index (χ0v) is 19.7. The Kier molecular flexibility index (Phi) is 10.4. The van der Waals surface area contributed by atoms with Crippen LogP contribution in [0.3, 0.4) is 0 Å². The maximum absolute atomic E-state index is 10.5. The molecule has 3 heteroatoms. The highest BCUT2D eigenvalue weighted by molar-refractivity contribution is 5.21. The second-order valence-electron chi connectivity index (χ2n) is 10.1. The van der Waals surface area contributed by atoms with E-state index in [0.29, 0.717) is 23.9 Å². The summed E-state index contributed by atoms with van der Waals surface area (Å²) in [6.07, 6.45) is 16.0. The van der Waals surface area contributed by atoms with Crippen LogP contribution in [0.1, 0.15) is 92.4 Å². The highest BCUT2D eigenvalue weighted by Gasteiger charge is 2.43. The van der Waals surface area contributed by atoms with Gasteiger partial charge < -0.3 is 10.2 Å². The molecule has 0 aromatic carbocycles. The molecule has 3 nitrogen and oxygen atoms in total. The molecule has 1 fully saturated rings. The quantitative estimate of drug-likeness (QED) is 0.304. The molecular formula is C26H47NO2. The lowest BCUT2D eigenvalue weighted by atomic mass is 9.88. The normalized spacial score (nSPS) is 28.1. The number of nitrogens with zero attached hydrogens (tertiary/aromatic N) is 1. The molecule has 0 spiro atoms. The Morgan fingerprint density at radius 3 is 2.48 bits per heavy atom. The molecule has 5 atom stereocenters. The van der Waals surface area contributed by atoms with Gasteiger partial charge in [-0.25, -0.2) is 0 Å². The third-order valence-electron chi connectivity index (χ3n) is 7.10. The molecule has 0 radical (unpaired) electrons. The molecule has 29 heavy (non-hydrogen) atoms. The van der Waals surface area contributed by atoms with Crippen LogP contribution < -0.4 is 0 Å². The van der Waals surface area contributed by atoms with E-state index in [-0.39, 0.29) is 18.1 Å². The van der Waals surface area contributed by atoms with Crippen LogP contribution in [0.2, 0.25) is 0 Å². The summed E-state index contributed by atoms with van der Waals surface area (Å²) >= 11 is 0. The largest absolute Gasteiger partial charge is 0.392 e. The van der Waals surface area contributed by atoms with Gasteiger partial charge in [-0.05, 0) is 84.6 Å². The Balaban J connectivity index is 1.76. The molecule has 2 rings (SSSR count). The van der Waals surface area contributed by atoms with Crippen molar-refractivity contribution in [1.29, 1.82) is 0 Å². The molecule has 0 unspecified atom stereocenters. The molecule has 168 valence electrons. The third kappa shape index (κ3) is 7.52. The van der Waals surface area contributed by atoms with Crippen molar-refractivity contribution in [2.75, 3.05) is 6.54 Å². The molecule has 2 aliphatic carbocycles. The van der Waals surface area contributed by atoms with E-state index in [2.05, 4.69) is 51.7 Å². The molecule has 0 aromatic rings. The van der Waals surface area contributed by atoms with Gasteiger partial charge in [0.2, 0.25) is 0 Å². The van der Waals surface area contributed by atoms with Crippen LogP contribution in [-0.2, 0) is 0 Å². The molecule has 0 aliphatic heterocycles. The number of hydrogen-bond acceptors (Lipinski definition) is 3. The van der Waals surface area contributed by atoms with Crippen LogP contribution in [0.5, 0.6) is 0 Å². The lowest BCUT2D eigenvalue weighted by molar-refractivity contribution is 0.139. The smallest absolute Gasteiger partial charge is 0.0721 e. The molecule has 2 aliphatic rings. The predicted octanol–water partition coefficient (Wildman–Crippen LogP) is 5.72. The Hall–Kier alpha value is -0.640. The van der Waals surface area contributed by atoms with Gasteiger partial charge in [0, 0.05) is 18.0 Å². The summed E-state index contributed by atoms with van der Waals surface area (Å²) in [5, 5.41) is 20.7. The molecule has 0 saturated heterocycles. The SMILES string of the molecule is CCCCC[C@H](O)/C=C/[C@@H]1[C@H]2CC(CCCCN(C(C)C)C(C)C)=C[C@H]2C[C@H]1O. The summed E-state index contributed by atoms with van der Waals surface area (Å²) < 4.78 is 0. The van der Waals surface area contributed by atoms with Crippen molar-refractivity contribution in [1.82, 2.24) is 4.90 Å². The molecule has 0 bridgehead atoms. The van der Waals surface area contributed by atoms with Crippen LogP contribution in [0.25, 0.3) is 0 Å². The van der Waals surface area contributed by atoms with Gasteiger partial charge in [-0.1, -0.05) is 50.0 Å². The van der Waals surface area contributed by atoms with Gasteiger partial charge in [-0.2, -0.15) is 0 Å². The highest BCUT2D eigenvalue weighted by atomic mass is 16.3. The maximum atomic E-state index is 10.5. The summed E-state index contributed by atoms with van der Waals surface area (Å²) in [6, 6.07) is 1.23. The number of fused-ring (bicyclic) bond motifs is 1. The summed E-state index contributed by atoms with van der Waals surface area (Å²) in [5.41, 5.74) is 1.61. The minimum absolute atomic E-state index is 0.215. The fourth-order valence-corrected chi connectivity index (χ4v) is 5.51. The van der Waals surface area contributed by atoms with E-state index in [9.17, 15) is 10.2 Å². The van der Waals surface area contributed by atoms with E-state index in [4.69, 9.17) is 0 Å². The first-order valence-electron chi connectivity index (χ1n) is 12.3. The molecule has 2 N–H and O–H groups in total. The second kappa shape index (κ2) is 12.3. The molecule has 0 aromatic heterocycles. The fourth-order valence-electron chi connectivity index (χ4n) is 5.51. The zero-order chi connectivity index (χ0) is 21.4. The number of allylic oxidation sites excluding steroid dienone is 2. The first-order valence-corrected chi connectivity index (χ1v) is 12.3. The summed E-state index contributed by atoms with van der Waals surface area (Å²) in [4.78, 5) is 2.58. The van der Waals surface area contributed by atoms with Gasteiger partial charge >= 0.3 is 0 Å². The van der Waals surface area contributed by atoms with Crippen molar-refractivity contribution in [2.45, 2.75) is 117 Å². The molecular weight excluding hydrogens is 358 g/mol. The van der Waals surface area contributed by atoms with E-state index >= 15 is 0 Å². The zero-order valence-electron chi connectivity index (χ0n) is 19.7. The third-order valence-corrected chi connectivity index (χ3v) is 7.10. The minimum atomic E-state index is -0.355. The van der Waals surface area contributed by atoms with Crippen molar-refractivity contribution in [3.63, 3.8) is 0 Å². The van der Waals surface area contributed by atoms with E-state index in [1.807, 2.05) is 6.08 Å². The number of rotatable bonds is 13. The van der Waals surface area contributed by atoms with Crippen molar-refractivity contribution in [3.8, 4) is 0 Å². The molecule has 1 saturated carbocycles. The highest BCUT2D eigenvalue weighted by Crippen LogP contribution is 2.48. The van der Waals surface area contributed by atoms with Crippen molar-refractivity contribution < 1.29 is 10.2 Å². The average molecular weight is 406 g/mol. The van der Waals surface area contributed by atoms with Crippen molar-refractivity contribution >= 4 is 0 Å². The van der Waals surface area contributed by atoms with Gasteiger partial charge in [0.05, 0.1) is 12.2 Å². The summed E-state index contributed by atoms with van der Waals surface area (Å²) in [7, 11) is 0. The Labute approximate surface area is 180 Å². The second-order valence-corrected chi connectivity index (χ2v) is 10.1. The standard InChI is InChI=1S/C26H47NO2/c1-6-7-8-12-23(28)13-14-24-25-17-21(16-22(25)18-26(24)29)11-9-10-15-27(19(2)3)20(4)5/h13-14,16,19-20,22-26,28-29H,6-12,15,17-18H2,1-5H3/b14-13+/t22-,23-,24+,25-,26+/m0/s1. The number of unbranched alkanes of at least 4 members (excludes halogenated alkanes) is 3. The lowest BCUT2D eigenvalue weighted by Gasteiger charge is -2.30. The fraction of sp³-hybridized carbons (Fsp3) is 0.846. The topological polar surface area (TPSA) is 43.7 Å². The van der Waals surface area contributed by atoms with Crippen molar-refractivity contribution in [3.05, 3.63) is 23.8 Å². The van der Waals surface area contributed by atoms with Gasteiger partial charge in [0.25, 0.3) is 0 Å². The lowest BCUT2D eigenvalue weighted by Crippen LogP contribution is -2.37. The first kappa shape index (κ1) is 24.6. The minimum Gasteiger partial charge on any atom is -0.392 e. The van der Waals surface area contributed by atoms with Crippen molar-refractivity contribution in [2.24, 2.45) is 17.8 Å². The van der Waals surface area contributed by atoms with Gasteiger partial charge in [0.15, 0.2) is 0 Å². The summed E-state index contributed by atoms with van der Waals surface area (Å²) in [5.74, 6) is 1.29. The van der Waals surface area contributed by atoms with E-state index in [0.717, 1.165) is 25.7 Å². The van der Waals surface area contributed by atoms with E-state index in [1.54, 1.807) is 5.57 Å². The van der Waals surface area contributed by atoms with Crippen LogP contribution in [0.4, 0.5) is 0 Å². The van der Waals surface area contributed by atoms with E-state index < -0.39 is 0 Å². The first-order chi connectivity index (χ1) is 13.8. The van der Waals surface area contributed by atoms with Crippen LogP contribution >= 0.6 is 0 Å². The Morgan fingerprint density at radius 1 is 1.10 bits per heavy atom. The maximum Gasteiger partial charge on any atom is 0.0721 e. The average Bonchev–Trinajstić information content (AvgIpc) is 3.15. The van der Waals surface area contributed by atoms with Crippen LogP contribution in [-0.4, -0.2) is 45.9 Å². The number of hydrogen-bond donors (Lipinski definition) is 2. The van der Waals surface area contributed by atoms with Crippen LogP contribution in [0.15, 0.2) is 23.8 Å². The van der Waals surface area contributed by atoms with Gasteiger partial charge in [0.1, 0.15) is 0 Å². The summed E-state index contributed by atoms with van der Waals surface area (Å²) in [6.45, 7) is 12.5. The van der Waals surface area contributed by atoms with Gasteiger partial charge in [-0.15, -0.1) is 0 Å². The predicted molar refractivity (Wildman–Crippen MR) is 124 cm³/mol. The van der Waals surface area contributed by atoms with Crippen LogP contribution in [0, 0.1) is 17.8 Å². The van der Waals surface area contributed by atoms with Gasteiger partial charge in [-0.3, -0.25) is 4.90 Å². The number of aliphatic hydroxyl groups excluding tert-OH is 2. The monoisotopic (exact) mass is 405 g/mol. The molecule has 0 heterocycles. The van der Waals surface area contributed by atoms with E-state index in [1.165, 1.54) is 38.6 Å². The Morgan fingerprint density at radius 2 is 1.83 bits per heavy atom. The Bertz CT molecular complexity index is 517. The number of aliphatic hydroxyl groups is 2. The molecule has 0 amide bonds.